The van der Waals surface area contributed by atoms with E-state index in [1.807, 2.05) is 6.07 Å². The van der Waals surface area contributed by atoms with Gasteiger partial charge in [0.2, 0.25) is 0 Å². The van der Waals surface area contributed by atoms with Crippen molar-refractivity contribution in [1.82, 2.24) is 0 Å². The molecule has 0 bridgehead atoms. The third kappa shape index (κ3) is 4.07. The molecule has 0 radical (unpaired) electrons. The van der Waals surface area contributed by atoms with E-state index in [2.05, 4.69) is 29.6 Å². The van der Waals surface area contributed by atoms with Gasteiger partial charge in [-0.05, 0) is 54.5 Å². The van der Waals surface area contributed by atoms with Crippen molar-refractivity contribution in [3.8, 4) is 0 Å². The fraction of sp³-hybridized carbons (Fsp3) is 0.217. The van der Waals surface area contributed by atoms with Crippen LogP contribution in [0.25, 0.3) is 0 Å². The van der Waals surface area contributed by atoms with Crippen LogP contribution in [0.2, 0.25) is 5.02 Å². The van der Waals surface area contributed by atoms with Crippen molar-refractivity contribution in [2.75, 3.05) is 12.4 Å². The Labute approximate surface area is 178 Å². The number of amides is 1. The van der Waals surface area contributed by atoms with Crippen LogP contribution in [0.15, 0.2) is 54.6 Å². The first-order valence-electron chi connectivity index (χ1n) is 9.41. The molecule has 0 spiro atoms. The monoisotopic (exact) mass is 425 g/mol. The van der Waals surface area contributed by atoms with Crippen LogP contribution in [0.4, 0.5) is 5.00 Å². The standard InChI is InChI=1S/C23H20ClNO3S/c1-28-23(27)20-18-11-10-15(14-6-3-2-4-7-14)13-19(18)29-22(20)25-21(26)16-8-5-9-17(24)12-16/h2-9,12,15H,10-11,13H2,1H3,(H,25,26)/t15-/m1/s1. The number of ether oxygens (including phenoxy) is 1. The molecule has 1 N–H and O–H groups in total. The van der Waals surface area contributed by atoms with Crippen LogP contribution in [0.5, 0.6) is 0 Å². The number of anilines is 1. The van der Waals surface area contributed by atoms with Crippen LogP contribution in [-0.4, -0.2) is 19.0 Å². The van der Waals surface area contributed by atoms with Gasteiger partial charge in [0.05, 0.1) is 12.7 Å². The number of rotatable bonds is 4. The van der Waals surface area contributed by atoms with E-state index in [9.17, 15) is 9.59 Å². The lowest BCUT2D eigenvalue weighted by Crippen LogP contribution is -2.16. The summed E-state index contributed by atoms with van der Waals surface area (Å²) in [6, 6.07) is 17.1. The first-order valence-corrected chi connectivity index (χ1v) is 10.6. The van der Waals surface area contributed by atoms with Crippen molar-refractivity contribution < 1.29 is 14.3 Å². The van der Waals surface area contributed by atoms with E-state index >= 15 is 0 Å². The molecule has 1 heterocycles. The van der Waals surface area contributed by atoms with Crippen molar-refractivity contribution in [3.63, 3.8) is 0 Å². The topological polar surface area (TPSA) is 55.4 Å². The Morgan fingerprint density at radius 3 is 2.66 bits per heavy atom. The van der Waals surface area contributed by atoms with Gasteiger partial charge in [-0.25, -0.2) is 4.79 Å². The number of esters is 1. The summed E-state index contributed by atoms with van der Waals surface area (Å²) in [4.78, 5) is 26.3. The van der Waals surface area contributed by atoms with Crippen LogP contribution in [-0.2, 0) is 17.6 Å². The average Bonchev–Trinajstić information content (AvgIpc) is 3.10. The molecule has 0 aliphatic heterocycles. The fourth-order valence-electron chi connectivity index (χ4n) is 3.81. The maximum absolute atomic E-state index is 12.7. The number of halogens is 1. The second-order valence-corrected chi connectivity index (χ2v) is 8.56. The summed E-state index contributed by atoms with van der Waals surface area (Å²) in [5.41, 5.74) is 3.22. The van der Waals surface area contributed by atoms with Gasteiger partial charge in [0.15, 0.2) is 0 Å². The highest BCUT2D eigenvalue weighted by Crippen LogP contribution is 2.42. The largest absolute Gasteiger partial charge is 0.465 e. The van der Waals surface area contributed by atoms with E-state index in [1.54, 1.807) is 24.3 Å². The molecule has 148 valence electrons. The summed E-state index contributed by atoms with van der Waals surface area (Å²) in [5, 5.41) is 3.93. The molecule has 0 fully saturated rings. The van der Waals surface area contributed by atoms with Gasteiger partial charge < -0.3 is 10.1 Å². The summed E-state index contributed by atoms with van der Waals surface area (Å²) in [5.74, 6) is -0.303. The smallest absolute Gasteiger partial charge is 0.341 e. The van der Waals surface area contributed by atoms with Crippen molar-refractivity contribution in [3.05, 3.63) is 86.8 Å². The molecule has 0 unspecified atom stereocenters. The zero-order valence-electron chi connectivity index (χ0n) is 15.9. The Hall–Kier alpha value is -2.63. The molecule has 1 aliphatic carbocycles. The van der Waals surface area contributed by atoms with Crippen LogP contribution >= 0.6 is 22.9 Å². The van der Waals surface area contributed by atoms with Gasteiger partial charge in [0.1, 0.15) is 5.00 Å². The number of fused-ring (bicyclic) bond motifs is 1. The van der Waals surface area contributed by atoms with Crippen molar-refractivity contribution in [1.29, 1.82) is 0 Å². The number of benzene rings is 2. The molecule has 4 rings (SSSR count). The van der Waals surface area contributed by atoms with Crippen molar-refractivity contribution >= 4 is 39.8 Å². The van der Waals surface area contributed by atoms with E-state index < -0.39 is 5.97 Å². The van der Waals surface area contributed by atoms with Gasteiger partial charge in [-0.2, -0.15) is 0 Å². The second-order valence-electron chi connectivity index (χ2n) is 7.01. The molecule has 29 heavy (non-hydrogen) atoms. The summed E-state index contributed by atoms with van der Waals surface area (Å²) < 4.78 is 5.01. The molecule has 0 saturated carbocycles. The molecule has 1 atom stereocenters. The van der Waals surface area contributed by atoms with Crippen molar-refractivity contribution in [2.24, 2.45) is 0 Å². The predicted octanol–water partition coefficient (Wildman–Crippen LogP) is 5.71. The number of hydrogen-bond acceptors (Lipinski definition) is 4. The molecule has 3 aromatic rings. The Morgan fingerprint density at radius 2 is 1.93 bits per heavy atom. The SMILES string of the molecule is COC(=O)c1c(NC(=O)c2cccc(Cl)c2)sc2c1CC[C@@H](c1ccccc1)C2. The number of nitrogens with one attached hydrogen (secondary N) is 1. The van der Waals surface area contributed by atoms with Crippen LogP contribution < -0.4 is 5.32 Å². The summed E-state index contributed by atoms with van der Waals surface area (Å²) in [6.45, 7) is 0. The van der Waals surface area contributed by atoms with Crippen molar-refractivity contribution in [2.45, 2.75) is 25.2 Å². The molecule has 6 heteroatoms. The Morgan fingerprint density at radius 1 is 1.14 bits per heavy atom. The lowest BCUT2D eigenvalue weighted by Gasteiger charge is -2.22. The molecule has 1 aromatic heterocycles. The van der Waals surface area contributed by atoms with Gasteiger partial charge in [0.25, 0.3) is 5.91 Å². The lowest BCUT2D eigenvalue weighted by atomic mass is 9.83. The van der Waals surface area contributed by atoms with Gasteiger partial charge >= 0.3 is 5.97 Å². The molecule has 4 nitrogen and oxygen atoms in total. The minimum Gasteiger partial charge on any atom is -0.465 e. The zero-order valence-corrected chi connectivity index (χ0v) is 17.5. The third-order valence-electron chi connectivity index (χ3n) is 5.24. The Bertz CT molecular complexity index is 1060. The highest BCUT2D eigenvalue weighted by atomic mass is 35.5. The number of methoxy groups -OCH3 is 1. The highest BCUT2D eigenvalue weighted by molar-refractivity contribution is 7.17. The minimum atomic E-state index is -0.415. The summed E-state index contributed by atoms with van der Waals surface area (Å²) >= 11 is 7.47. The normalized spacial score (nSPS) is 15.4. The van der Waals surface area contributed by atoms with Gasteiger partial charge in [-0.1, -0.05) is 48.0 Å². The zero-order chi connectivity index (χ0) is 20.4. The maximum Gasteiger partial charge on any atom is 0.341 e. The molecular weight excluding hydrogens is 406 g/mol. The highest BCUT2D eigenvalue weighted by Gasteiger charge is 2.30. The molecule has 2 aromatic carbocycles. The third-order valence-corrected chi connectivity index (χ3v) is 6.64. The van der Waals surface area contributed by atoms with E-state index in [1.165, 1.54) is 24.0 Å². The van der Waals surface area contributed by atoms with E-state index in [0.717, 1.165) is 29.7 Å². The predicted molar refractivity (Wildman–Crippen MR) is 116 cm³/mol. The Balaban J connectivity index is 1.65. The number of carbonyl (C=O) groups excluding carboxylic acids is 2. The lowest BCUT2D eigenvalue weighted by molar-refractivity contribution is 0.0601. The molecule has 1 amide bonds. The quantitative estimate of drug-likeness (QED) is 0.544. The van der Waals surface area contributed by atoms with Crippen LogP contribution in [0.1, 0.15) is 49.1 Å². The van der Waals surface area contributed by atoms with Crippen LogP contribution in [0.3, 0.4) is 0 Å². The Kier molecular flexibility index (Phi) is 5.69. The van der Waals surface area contributed by atoms with Crippen LogP contribution in [0, 0.1) is 0 Å². The van der Waals surface area contributed by atoms with E-state index in [-0.39, 0.29) is 5.91 Å². The van der Waals surface area contributed by atoms with Gasteiger partial charge in [-0.15, -0.1) is 11.3 Å². The first kappa shape index (κ1) is 19.7. The van der Waals surface area contributed by atoms with E-state index in [4.69, 9.17) is 16.3 Å². The number of hydrogen-bond donors (Lipinski definition) is 1. The van der Waals surface area contributed by atoms with Gasteiger partial charge in [0, 0.05) is 15.5 Å². The fourth-order valence-corrected chi connectivity index (χ4v) is 5.31. The molecule has 1 aliphatic rings. The van der Waals surface area contributed by atoms with Gasteiger partial charge in [-0.3, -0.25) is 4.79 Å². The first-order chi connectivity index (χ1) is 14.1. The second kappa shape index (κ2) is 8.39. The summed E-state index contributed by atoms with van der Waals surface area (Å²) in [7, 11) is 1.37. The van der Waals surface area contributed by atoms with E-state index in [0.29, 0.717) is 27.1 Å². The maximum atomic E-state index is 12.7. The number of carbonyl (C=O) groups is 2. The number of thiophene rings is 1. The summed E-state index contributed by atoms with van der Waals surface area (Å²) in [6.07, 6.45) is 2.59. The average molecular weight is 426 g/mol. The minimum absolute atomic E-state index is 0.296. The molecular formula is C23H20ClNO3S. The molecule has 0 saturated heterocycles.